The van der Waals surface area contributed by atoms with Crippen molar-refractivity contribution in [3.8, 4) is 0 Å². The van der Waals surface area contributed by atoms with E-state index in [4.69, 9.17) is 0 Å². The second-order valence-corrected chi connectivity index (χ2v) is 4.28. The minimum atomic E-state index is -0.419. The van der Waals surface area contributed by atoms with Gasteiger partial charge in [-0.1, -0.05) is 31.2 Å². The Morgan fingerprint density at radius 2 is 2.23 bits per heavy atom. The van der Waals surface area contributed by atoms with Crippen LogP contribution >= 0.6 is 11.5 Å². The molecule has 0 bridgehead atoms. The molecule has 1 aromatic rings. The third-order valence-electron chi connectivity index (χ3n) is 1.98. The van der Waals surface area contributed by atoms with E-state index in [1.807, 2.05) is 0 Å². The van der Waals surface area contributed by atoms with Crippen LogP contribution in [0.4, 0.5) is 0 Å². The summed E-state index contributed by atoms with van der Waals surface area (Å²) in [7, 11) is 0. The lowest BCUT2D eigenvalue weighted by Crippen LogP contribution is -1.99. The second kappa shape index (κ2) is 5.29. The van der Waals surface area contributed by atoms with Crippen molar-refractivity contribution in [2.24, 2.45) is 5.92 Å². The molecule has 4 heteroatoms. The van der Waals surface area contributed by atoms with Gasteiger partial charge >= 0.3 is 0 Å². The van der Waals surface area contributed by atoms with E-state index in [0.717, 1.165) is 19.3 Å². The molecule has 0 aliphatic heterocycles. The van der Waals surface area contributed by atoms with Crippen molar-refractivity contribution in [3.05, 3.63) is 11.1 Å². The van der Waals surface area contributed by atoms with E-state index in [0.29, 0.717) is 11.6 Å². The van der Waals surface area contributed by atoms with Crippen LogP contribution in [0.25, 0.3) is 0 Å². The Kier molecular flexibility index (Phi) is 4.32. The summed E-state index contributed by atoms with van der Waals surface area (Å²) in [4.78, 5) is 0. The standard InChI is InChI=1S/C9H16N2OS/c1-7(2)4-3-5-9(12)8-6-13-11-10-8/h6-7,9,12H,3-5H2,1-2H3. The monoisotopic (exact) mass is 200 g/mol. The maximum atomic E-state index is 9.63. The van der Waals surface area contributed by atoms with Crippen molar-refractivity contribution in [2.45, 2.75) is 39.2 Å². The van der Waals surface area contributed by atoms with E-state index < -0.39 is 6.10 Å². The van der Waals surface area contributed by atoms with Crippen molar-refractivity contribution in [1.29, 1.82) is 0 Å². The summed E-state index contributed by atoms with van der Waals surface area (Å²) < 4.78 is 3.72. The van der Waals surface area contributed by atoms with Crippen LogP contribution < -0.4 is 0 Å². The fourth-order valence-corrected chi connectivity index (χ4v) is 1.69. The van der Waals surface area contributed by atoms with Gasteiger partial charge in [-0.05, 0) is 23.9 Å². The lowest BCUT2D eigenvalue weighted by atomic mass is 10.0. The van der Waals surface area contributed by atoms with Gasteiger partial charge in [0.25, 0.3) is 0 Å². The maximum Gasteiger partial charge on any atom is 0.104 e. The normalized spacial score (nSPS) is 13.5. The molecule has 13 heavy (non-hydrogen) atoms. The van der Waals surface area contributed by atoms with Crippen LogP contribution in [0, 0.1) is 5.92 Å². The first-order valence-corrected chi connectivity index (χ1v) is 5.49. The number of rotatable bonds is 5. The van der Waals surface area contributed by atoms with E-state index in [9.17, 15) is 5.11 Å². The minimum Gasteiger partial charge on any atom is -0.387 e. The zero-order valence-electron chi connectivity index (χ0n) is 8.10. The number of aliphatic hydroxyl groups excluding tert-OH is 1. The topological polar surface area (TPSA) is 46.0 Å². The van der Waals surface area contributed by atoms with Crippen LogP contribution in [0.1, 0.15) is 44.9 Å². The Balaban J connectivity index is 2.22. The summed E-state index contributed by atoms with van der Waals surface area (Å²) in [6.45, 7) is 4.38. The summed E-state index contributed by atoms with van der Waals surface area (Å²) >= 11 is 1.29. The van der Waals surface area contributed by atoms with Gasteiger partial charge in [-0.25, -0.2) is 0 Å². The molecule has 1 rings (SSSR count). The quantitative estimate of drug-likeness (QED) is 0.794. The molecule has 74 valence electrons. The molecule has 0 fully saturated rings. The van der Waals surface area contributed by atoms with Crippen LogP contribution in [0.2, 0.25) is 0 Å². The summed E-state index contributed by atoms with van der Waals surface area (Å²) in [6.07, 6.45) is 2.59. The SMILES string of the molecule is CC(C)CCCC(O)c1csnn1. The Labute approximate surface area is 83.0 Å². The van der Waals surface area contributed by atoms with E-state index in [-0.39, 0.29) is 0 Å². The molecular formula is C9H16N2OS. The van der Waals surface area contributed by atoms with Crippen LogP contribution in [-0.4, -0.2) is 14.7 Å². The Morgan fingerprint density at radius 3 is 2.77 bits per heavy atom. The molecule has 1 heterocycles. The van der Waals surface area contributed by atoms with Crippen LogP contribution in [-0.2, 0) is 0 Å². The van der Waals surface area contributed by atoms with Crippen molar-refractivity contribution < 1.29 is 5.11 Å². The highest BCUT2D eigenvalue weighted by Crippen LogP contribution is 2.19. The van der Waals surface area contributed by atoms with E-state index in [1.165, 1.54) is 11.5 Å². The largest absolute Gasteiger partial charge is 0.387 e. The maximum absolute atomic E-state index is 9.63. The molecule has 0 amide bonds. The fraction of sp³-hybridized carbons (Fsp3) is 0.778. The molecule has 1 aromatic heterocycles. The first kappa shape index (κ1) is 10.6. The summed E-state index contributed by atoms with van der Waals surface area (Å²) in [5.41, 5.74) is 0.716. The molecule has 0 saturated carbocycles. The predicted octanol–water partition coefficient (Wildman–Crippen LogP) is 2.40. The number of nitrogens with zero attached hydrogens (tertiary/aromatic N) is 2. The van der Waals surface area contributed by atoms with Crippen LogP contribution in [0.15, 0.2) is 5.38 Å². The zero-order chi connectivity index (χ0) is 9.68. The molecule has 0 radical (unpaired) electrons. The minimum absolute atomic E-state index is 0.419. The van der Waals surface area contributed by atoms with Crippen molar-refractivity contribution in [2.75, 3.05) is 0 Å². The summed E-state index contributed by atoms with van der Waals surface area (Å²) in [6, 6.07) is 0. The van der Waals surface area contributed by atoms with E-state index in [2.05, 4.69) is 23.4 Å². The highest BCUT2D eigenvalue weighted by atomic mass is 32.1. The number of hydrogen-bond acceptors (Lipinski definition) is 4. The average molecular weight is 200 g/mol. The lowest BCUT2D eigenvalue weighted by molar-refractivity contribution is 0.157. The molecule has 0 aromatic carbocycles. The molecule has 3 nitrogen and oxygen atoms in total. The lowest BCUT2D eigenvalue weighted by Gasteiger charge is -2.07. The summed E-state index contributed by atoms with van der Waals surface area (Å²) in [5.74, 6) is 0.709. The fourth-order valence-electron chi connectivity index (χ4n) is 1.18. The van der Waals surface area contributed by atoms with Gasteiger partial charge in [-0.15, -0.1) is 5.10 Å². The molecule has 1 atom stereocenters. The second-order valence-electron chi connectivity index (χ2n) is 3.67. The first-order valence-electron chi connectivity index (χ1n) is 4.65. The van der Waals surface area contributed by atoms with E-state index >= 15 is 0 Å². The van der Waals surface area contributed by atoms with Crippen molar-refractivity contribution in [1.82, 2.24) is 9.59 Å². The average Bonchev–Trinajstić information content (AvgIpc) is 2.55. The zero-order valence-corrected chi connectivity index (χ0v) is 8.92. The summed E-state index contributed by atoms with van der Waals surface area (Å²) in [5, 5.41) is 15.3. The Morgan fingerprint density at radius 1 is 1.46 bits per heavy atom. The van der Waals surface area contributed by atoms with Gasteiger partial charge < -0.3 is 5.11 Å². The van der Waals surface area contributed by atoms with Crippen LogP contribution in [0.5, 0.6) is 0 Å². The first-order chi connectivity index (χ1) is 6.20. The Hall–Kier alpha value is -0.480. The van der Waals surface area contributed by atoms with Gasteiger partial charge in [0.15, 0.2) is 0 Å². The van der Waals surface area contributed by atoms with Gasteiger partial charge in [0.05, 0.1) is 6.10 Å². The number of aliphatic hydroxyl groups is 1. The van der Waals surface area contributed by atoms with Gasteiger partial charge in [0, 0.05) is 5.38 Å². The van der Waals surface area contributed by atoms with Crippen LogP contribution in [0.3, 0.4) is 0 Å². The molecule has 0 aliphatic rings. The molecule has 1 unspecified atom stereocenters. The van der Waals surface area contributed by atoms with Gasteiger partial charge in [-0.3, -0.25) is 0 Å². The molecular weight excluding hydrogens is 184 g/mol. The Bertz CT molecular complexity index is 224. The molecule has 0 spiro atoms. The number of aromatic nitrogens is 2. The number of hydrogen-bond donors (Lipinski definition) is 1. The highest BCUT2D eigenvalue weighted by molar-refractivity contribution is 7.03. The molecule has 0 aliphatic carbocycles. The van der Waals surface area contributed by atoms with Crippen molar-refractivity contribution >= 4 is 11.5 Å². The predicted molar refractivity (Wildman–Crippen MR) is 53.6 cm³/mol. The van der Waals surface area contributed by atoms with Gasteiger partial charge in [-0.2, -0.15) is 0 Å². The smallest absolute Gasteiger partial charge is 0.104 e. The molecule has 1 N–H and O–H groups in total. The van der Waals surface area contributed by atoms with E-state index in [1.54, 1.807) is 5.38 Å². The third kappa shape index (κ3) is 3.83. The van der Waals surface area contributed by atoms with Gasteiger partial charge in [0.2, 0.25) is 0 Å². The third-order valence-corrected chi connectivity index (χ3v) is 2.50. The van der Waals surface area contributed by atoms with Gasteiger partial charge in [0.1, 0.15) is 5.69 Å². The molecule has 0 saturated heterocycles. The highest BCUT2D eigenvalue weighted by Gasteiger charge is 2.09. The van der Waals surface area contributed by atoms with Crippen molar-refractivity contribution in [3.63, 3.8) is 0 Å².